The first kappa shape index (κ1) is 17.1. The molecular weight excluding hydrogens is 386 g/mol. The molecule has 0 radical (unpaired) electrons. The predicted molar refractivity (Wildman–Crippen MR) is 104 cm³/mol. The summed E-state index contributed by atoms with van der Waals surface area (Å²) < 4.78 is 7.14. The van der Waals surface area contributed by atoms with E-state index in [1.54, 1.807) is 19.0 Å². The van der Waals surface area contributed by atoms with Crippen LogP contribution in [0.5, 0.6) is 0 Å². The van der Waals surface area contributed by atoms with E-state index >= 15 is 0 Å². The van der Waals surface area contributed by atoms with E-state index in [0.29, 0.717) is 0 Å². The SMILES string of the molecule is CCc1cc(Br)ccc1-c1cc2ccc(SC(=O)N(C)C)cc2o1. The van der Waals surface area contributed by atoms with Crippen LogP contribution in [0.15, 0.2) is 56.2 Å². The van der Waals surface area contributed by atoms with Crippen molar-refractivity contribution in [3.63, 3.8) is 0 Å². The molecule has 0 N–H and O–H groups in total. The number of hydrogen-bond acceptors (Lipinski definition) is 3. The summed E-state index contributed by atoms with van der Waals surface area (Å²) >= 11 is 4.72. The fraction of sp³-hybridized carbons (Fsp3) is 0.211. The molecule has 0 unspecified atom stereocenters. The number of furan rings is 1. The number of thioether (sulfide) groups is 1. The van der Waals surface area contributed by atoms with Gasteiger partial charge in [0.1, 0.15) is 11.3 Å². The van der Waals surface area contributed by atoms with Crippen molar-refractivity contribution >= 4 is 43.9 Å². The van der Waals surface area contributed by atoms with E-state index in [-0.39, 0.29) is 5.24 Å². The van der Waals surface area contributed by atoms with Gasteiger partial charge in [0.25, 0.3) is 5.24 Å². The van der Waals surface area contributed by atoms with E-state index in [1.807, 2.05) is 24.3 Å². The minimum atomic E-state index is 0.00214. The molecule has 0 spiro atoms. The summed E-state index contributed by atoms with van der Waals surface area (Å²) in [6.45, 7) is 2.13. The Hall–Kier alpha value is -1.72. The van der Waals surface area contributed by atoms with Gasteiger partial charge in [0, 0.05) is 34.4 Å². The summed E-state index contributed by atoms with van der Waals surface area (Å²) in [4.78, 5) is 14.3. The van der Waals surface area contributed by atoms with Crippen LogP contribution >= 0.6 is 27.7 Å². The fourth-order valence-electron chi connectivity index (χ4n) is 2.49. The fourth-order valence-corrected chi connectivity index (χ4v) is 3.59. The van der Waals surface area contributed by atoms with Crippen LogP contribution in [-0.4, -0.2) is 24.2 Å². The number of halogens is 1. The molecule has 5 heteroatoms. The summed E-state index contributed by atoms with van der Waals surface area (Å²) in [5.41, 5.74) is 3.14. The first-order chi connectivity index (χ1) is 11.5. The van der Waals surface area contributed by atoms with Gasteiger partial charge in [-0.1, -0.05) is 22.9 Å². The van der Waals surface area contributed by atoms with Crippen LogP contribution in [0.2, 0.25) is 0 Å². The Kier molecular flexibility index (Phi) is 5.01. The summed E-state index contributed by atoms with van der Waals surface area (Å²) in [6, 6.07) is 14.2. The molecule has 0 saturated heterocycles. The standard InChI is InChI=1S/C19H18BrNO2S/c1-4-12-9-14(20)6-8-16(12)18-10-13-5-7-15(11-17(13)23-18)24-19(22)21(2)3/h5-11H,4H2,1-3H3. The minimum absolute atomic E-state index is 0.00214. The summed E-state index contributed by atoms with van der Waals surface area (Å²) in [7, 11) is 3.50. The van der Waals surface area contributed by atoms with E-state index in [4.69, 9.17) is 4.42 Å². The monoisotopic (exact) mass is 403 g/mol. The molecule has 1 heterocycles. The highest BCUT2D eigenvalue weighted by atomic mass is 79.9. The van der Waals surface area contributed by atoms with Gasteiger partial charge in [-0.25, -0.2) is 0 Å². The summed E-state index contributed by atoms with van der Waals surface area (Å²) in [6.07, 6.45) is 0.935. The first-order valence-corrected chi connectivity index (χ1v) is 9.30. The topological polar surface area (TPSA) is 33.5 Å². The van der Waals surface area contributed by atoms with Crippen LogP contribution < -0.4 is 0 Å². The second-order valence-electron chi connectivity index (χ2n) is 5.73. The highest BCUT2D eigenvalue weighted by molar-refractivity contribution is 9.10. The molecular formula is C19H18BrNO2S. The number of amides is 1. The number of benzene rings is 2. The first-order valence-electron chi connectivity index (χ1n) is 7.69. The lowest BCUT2D eigenvalue weighted by Gasteiger charge is -2.08. The quantitative estimate of drug-likeness (QED) is 0.488. The molecule has 3 rings (SSSR count). The Labute approximate surface area is 154 Å². The van der Waals surface area contributed by atoms with Gasteiger partial charge < -0.3 is 9.32 Å². The van der Waals surface area contributed by atoms with Crippen molar-refractivity contribution in [3.8, 4) is 11.3 Å². The van der Waals surface area contributed by atoms with E-state index in [0.717, 1.165) is 38.1 Å². The molecule has 124 valence electrons. The third-order valence-electron chi connectivity index (χ3n) is 3.78. The van der Waals surface area contributed by atoms with Crippen molar-refractivity contribution in [3.05, 3.63) is 52.5 Å². The maximum atomic E-state index is 11.8. The molecule has 0 fully saturated rings. The van der Waals surface area contributed by atoms with E-state index in [9.17, 15) is 4.79 Å². The zero-order valence-corrected chi connectivity index (χ0v) is 16.2. The van der Waals surface area contributed by atoms with Gasteiger partial charge in [0.05, 0.1) is 0 Å². The van der Waals surface area contributed by atoms with Gasteiger partial charge >= 0.3 is 0 Å². The molecule has 0 bridgehead atoms. The van der Waals surface area contributed by atoms with E-state index in [1.165, 1.54) is 17.3 Å². The molecule has 1 aromatic heterocycles. The van der Waals surface area contributed by atoms with Gasteiger partial charge in [0.15, 0.2) is 0 Å². The molecule has 0 saturated carbocycles. The Bertz CT molecular complexity index is 902. The number of fused-ring (bicyclic) bond motifs is 1. The van der Waals surface area contributed by atoms with Crippen molar-refractivity contribution < 1.29 is 9.21 Å². The van der Waals surface area contributed by atoms with Gasteiger partial charge in [0.2, 0.25) is 0 Å². The average Bonchev–Trinajstić information content (AvgIpc) is 2.97. The number of aryl methyl sites for hydroxylation is 1. The summed E-state index contributed by atoms with van der Waals surface area (Å²) in [5, 5.41) is 1.04. The average molecular weight is 404 g/mol. The summed E-state index contributed by atoms with van der Waals surface area (Å²) in [5.74, 6) is 0.857. The van der Waals surface area contributed by atoms with Gasteiger partial charge in [-0.2, -0.15) is 0 Å². The van der Waals surface area contributed by atoms with Crippen LogP contribution in [0, 0.1) is 0 Å². The van der Waals surface area contributed by atoms with Crippen LogP contribution in [-0.2, 0) is 6.42 Å². The second kappa shape index (κ2) is 7.03. The smallest absolute Gasteiger partial charge is 0.285 e. The largest absolute Gasteiger partial charge is 0.456 e. The highest BCUT2D eigenvalue weighted by Gasteiger charge is 2.12. The van der Waals surface area contributed by atoms with Crippen molar-refractivity contribution in [1.29, 1.82) is 0 Å². The van der Waals surface area contributed by atoms with Gasteiger partial charge in [-0.3, -0.25) is 4.79 Å². The number of carbonyl (C=O) groups excluding carboxylic acids is 1. The third kappa shape index (κ3) is 3.52. The Morgan fingerprint density at radius 2 is 1.96 bits per heavy atom. The molecule has 3 aromatic rings. The highest BCUT2D eigenvalue weighted by Crippen LogP contribution is 2.34. The van der Waals surface area contributed by atoms with Crippen molar-refractivity contribution in [1.82, 2.24) is 4.90 Å². The molecule has 0 aliphatic rings. The zero-order chi connectivity index (χ0) is 17.3. The number of carbonyl (C=O) groups is 1. The number of rotatable bonds is 3. The predicted octanol–water partition coefficient (Wildman–Crippen LogP) is 6.20. The van der Waals surface area contributed by atoms with Crippen molar-refractivity contribution in [2.75, 3.05) is 14.1 Å². The van der Waals surface area contributed by atoms with Crippen LogP contribution in [0.4, 0.5) is 4.79 Å². The molecule has 0 atom stereocenters. The molecule has 3 nitrogen and oxygen atoms in total. The molecule has 24 heavy (non-hydrogen) atoms. The maximum absolute atomic E-state index is 11.8. The number of nitrogens with zero attached hydrogens (tertiary/aromatic N) is 1. The zero-order valence-electron chi connectivity index (χ0n) is 13.8. The van der Waals surface area contributed by atoms with Crippen LogP contribution in [0.3, 0.4) is 0 Å². The normalized spacial score (nSPS) is 11.0. The molecule has 0 aliphatic carbocycles. The minimum Gasteiger partial charge on any atom is -0.456 e. The lowest BCUT2D eigenvalue weighted by molar-refractivity contribution is 0.241. The Morgan fingerprint density at radius 1 is 1.17 bits per heavy atom. The van der Waals surface area contributed by atoms with Gasteiger partial charge in [-0.15, -0.1) is 0 Å². The third-order valence-corrected chi connectivity index (χ3v) is 5.30. The van der Waals surface area contributed by atoms with Crippen molar-refractivity contribution in [2.45, 2.75) is 18.2 Å². The Morgan fingerprint density at radius 3 is 2.67 bits per heavy atom. The van der Waals surface area contributed by atoms with E-state index in [2.05, 4.69) is 41.1 Å². The molecule has 1 amide bonds. The van der Waals surface area contributed by atoms with Crippen molar-refractivity contribution in [2.24, 2.45) is 0 Å². The second-order valence-corrected chi connectivity index (χ2v) is 7.67. The molecule has 0 aliphatic heterocycles. The van der Waals surface area contributed by atoms with E-state index < -0.39 is 0 Å². The number of hydrogen-bond donors (Lipinski definition) is 0. The molecule has 2 aromatic carbocycles. The lowest BCUT2D eigenvalue weighted by Crippen LogP contribution is -2.15. The lowest BCUT2D eigenvalue weighted by atomic mass is 10.0. The Balaban J connectivity index is 1.99. The van der Waals surface area contributed by atoms with Crippen LogP contribution in [0.25, 0.3) is 22.3 Å². The maximum Gasteiger partial charge on any atom is 0.285 e. The van der Waals surface area contributed by atoms with Gasteiger partial charge in [-0.05, 0) is 66.2 Å². The van der Waals surface area contributed by atoms with Crippen LogP contribution in [0.1, 0.15) is 12.5 Å².